The van der Waals surface area contributed by atoms with Gasteiger partial charge in [0.15, 0.2) is 0 Å². The van der Waals surface area contributed by atoms with E-state index in [9.17, 15) is 4.79 Å². The second-order valence-electron chi connectivity index (χ2n) is 4.48. The van der Waals surface area contributed by atoms with Crippen molar-refractivity contribution in [1.29, 1.82) is 0 Å². The SMILES string of the molecule is Cc1ccc2cccc(NC(=O)c3cn[nH]c3N)c2n1. The number of benzene rings is 1. The summed E-state index contributed by atoms with van der Waals surface area (Å²) in [5.41, 5.74) is 8.25. The number of carbonyl (C=O) groups excluding carboxylic acids is 1. The number of para-hydroxylation sites is 1. The van der Waals surface area contributed by atoms with Crippen LogP contribution in [-0.4, -0.2) is 21.1 Å². The third kappa shape index (κ3) is 2.07. The van der Waals surface area contributed by atoms with Crippen LogP contribution in [0.25, 0.3) is 10.9 Å². The normalized spacial score (nSPS) is 10.7. The summed E-state index contributed by atoms with van der Waals surface area (Å²) < 4.78 is 0. The maximum absolute atomic E-state index is 12.1. The van der Waals surface area contributed by atoms with Gasteiger partial charge in [0.05, 0.1) is 17.4 Å². The Morgan fingerprint density at radius 2 is 2.15 bits per heavy atom. The number of carbonyl (C=O) groups is 1. The Morgan fingerprint density at radius 1 is 1.30 bits per heavy atom. The van der Waals surface area contributed by atoms with Crippen LogP contribution >= 0.6 is 0 Å². The zero-order valence-electron chi connectivity index (χ0n) is 10.8. The van der Waals surface area contributed by atoms with Gasteiger partial charge in [-0.15, -0.1) is 0 Å². The molecule has 0 spiro atoms. The number of aromatic nitrogens is 3. The molecule has 100 valence electrons. The van der Waals surface area contributed by atoms with Gasteiger partial charge in [-0.3, -0.25) is 14.9 Å². The lowest BCUT2D eigenvalue weighted by Crippen LogP contribution is -2.13. The van der Waals surface area contributed by atoms with E-state index in [1.165, 1.54) is 6.20 Å². The molecular formula is C14H13N5O. The fraction of sp³-hybridized carbons (Fsp3) is 0.0714. The lowest BCUT2D eigenvalue weighted by molar-refractivity contribution is 0.102. The van der Waals surface area contributed by atoms with Crippen LogP contribution in [0.5, 0.6) is 0 Å². The van der Waals surface area contributed by atoms with Crippen molar-refractivity contribution >= 4 is 28.3 Å². The third-order valence-corrected chi connectivity index (χ3v) is 3.02. The molecule has 2 heterocycles. The molecule has 0 aliphatic rings. The number of nitrogens with zero attached hydrogens (tertiary/aromatic N) is 2. The van der Waals surface area contributed by atoms with E-state index in [2.05, 4.69) is 20.5 Å². The smallest absolute Gasteiger partial charge is 0.261 e. The zero-order chi connectivity index (χ0) is 14.1. The minimum absolute atomic E-state index is 0.242. The van der Waals surface area contributed by atoms with Crippen LogP contribution in [0.2, 0.25) is 0 Å². The van der Waals surface area contributed by atoms with E-state index < -0.39 is 0 Å². The van der Waals surface area contributed by atoms with Crippen LogP contribution in [0, 0.1) is 6.92 Å². The molecule has 0 aliphatic heterocycles. The number of hydrogen-bond acceptors (Lipinski definition) is 4. The molecule has 0 saturated carbocycles. The van der Waals surface area contributed by atoms with Gasteiger partial charge in [-0.2, -0.15) is 5.10 Å². The molecule has 2 aromatic heterocycles. The first-order valence-electron chi connectivity index (χ1n) is 6.12. The summed E-state index contributed by atoms with van der Waals surface area (Å²) in [6.45, 7) is 1.91. The number of rotatable bonds is 2. The van der Waals surface area contributed by atoms with Gasteiger partial charge in [-0.25, -0.2) is 0 Å². The van der Waals surface area contributed by atoms with Crippen molar-refractivity contribution < 1.29 is 4.79 Å². The van der Waals surface area contributed by atoms with Gasteiger partial charge in [-0.1, -0.05) is 18.2 Å². The lowest BCUT2D eigenvalue weighted by Gasteiger charge is -2.08. The van der Waals surface area contributed by atoms with E-state index in [-0.39, 0.29) is 11.7 Å². The fourth-order valence-electron chi connectivity index (χ4n) is 2.01. The van der Waals surface area contributed by atoms with Crippen molar-refractivity contribution in [2.75, 3.05) is 11.1 Å². The third-order valence-electron chi connectivity index (χ3n) is 3.02. The van der Waals surface area contributed by atoms with Crippen LogP contribution in [0.15, 0.2) is 36.5 Å². The molecule has 3 aromatic rings. The molecule has 20 heavy (non-hydrogen) atoms. The molecule has 6 heteroatoms. The van der Waals surface area contributed by atoms with Crippen molar-refractivity contribution in [3.05, 3.63) is 47.8 Å². The molecular weight excluding hydrogens is 254 g/mol. The molecule has 1 aromatic carbocycles. The standard InChI is InChI=1S/C14H13N5O/c1-8-5-6-9-3-2-4-11(12(9)17-8)18-14(20)10-7-16-19-13(10)15/h2-7H,1H3,(H,18,20)(H3,15,16,19). The summed E-state index contributed by atoms with van der Waals surface area (Å²) >= 11 is 0. The number of fused-ring (bicyclic) bond motifs is 1. The molecule has 0 fully saturated rings. The second-order valence-corrected chi connectivity index (χ2v) is 4.48. The van der Waals surface area contributed by atoms with E-state index >= 15 is 0 Å². The molecule has 1 amide bonds. The lowest BCUT2D eigenvalue weighted by atomic mass is 10.1. The average Bonchev–Trinajstić information content (AvgIpc) is 2.86. The summed E-state index contributed by atoms with van der Waals surface area (Å²) in [6.07, 6.45) is 1.40. The highest BCUT2D eigenvalue weighted by atomic mass is 16.1. The Hall–Kier alpha value is -2.89. The van der Waals surface area contributed by atoms with Gasteiger partial charge in [0.25, 0.3) is 5.91 Å². The number of nitrogen functional groups attached to an aromatic ring is 1. The highest BCUT2D eigenvalue weighted by Gasteiger charge is 2.13. The minimum atomic E-state index is -0.313. The van der Waals surface area contributed by atoms with Crippen LogP contribution in [-0.2, 0) is 0 Å². The average molecular weight is 267 g/mol. The highest BCUT2D eigenvalue weighted by molar-refractivity contribution is 6.10. The molecule has 4 N–H and O–H groups in total. The predicted molar refractivity (Wildman–Crippen MR) is 77.4 cm³/mol. The summed E-state index contributed by atoms with van der Waals surface area (Å²) in [6, 6.07) is 9.53. The topological polar surface area (TPSA) is 96.7 Å². The van der Waals surface area contributed by atoms with Crippen LogP contribution in [0.3, 0.4) is 0 Å². The number of pyridine rings is 1. The maximum atomic E-state index is 12.1. The van der Waals surface area contributed by atoms with Gasteiger partial charge in [0.2, 0.25) is 0 Å². The Balaban J connectivity index is 2.01. The van der Waals surface area contributed by atoms with Gasteiger partial charge >= 0.3 is 0 Å². The number of nitrogens with one attached hydrogen (secondary N) is 2. The molecule has 6 nitrogen and oxygen atoms in total. The number of aromatic amines is 1. The van der Waals surface area contributed by atoms with Crippen LogP contribution in [0.4, 0.5) is 11.5 Å². The molecule has 0 atom stereocenters. The number of anilines is 2. The molecule has 0 radical (unpaired) electrons. The van der Waals surface area contributed by atoms with Crippen molar-refractivity contribution in [2.24, 2.45) is 0 Å². The predicted octanol–water partition coefficient (Wildman–Crippen LogP) is 2.10. The Labute approximate surface area is 115 Å². The van der Waals surface area contributed by atoms with Gasteiger partial charge in [0, 0.05) is 11.1 Å². The van der Waals surface area contributed by atoms with E-state index in [0.29, 0.717) is 11.3 Å². The van der Waals surface area contributed by atoms with Crippen LogP contribution < -0.4 is 11.1 Å². The molecule has 3 rings (SSSR count). The quantitative estimate of drug-likeness (QED) is 0.662. The second kappa shape index (κ2) is 4.65. The summed E-state index contributed by atoms with van der Waals surface area (Å²) in [7, 11) is 0. The van der Waals surface area contributed by atoms with Crippen molar-refractivity contribution in [1.82, 2.24) is 15.2 Å². The van der Waals surface area contributed by atoms with Crippen molar-refractivity contribution in [2.45, 2.75) is 6.92 Å². The molecule has 0 saturated heterocycles. The molecule has 0 bridgehead atoms. The van der Waals surface area contributed by atoms with E-state index in [1.807, 2.05) is 37.3 Å². The Bertz CT molecular complexity index is 793. The van der Waals surface area contributed by atoms with E-state index in [0.717, 1.165) is 16.6 Å². The van der Waals surface area contributed by atoms with Crippen LogP contribution in [0.1, 0.15) is 16.1 Å². The summed E-state index contributed by atoms with van der Waals surface area (Å²) in [5, 5.41) is 10.0. The first-order valence-corrected chi connectivity index (χ1v) is 6.12. The van der Waals surface area contributed by atoms with Crippen molar-refractivity contribution in [3.63, 3.8) is 0 Å². The van der Waals surface area contributed by atoms with E-state index in [1.54, 1.807) is 0 Å². The Kier molecular flexibility index (Phi) is 2.83. The minimum Gasteiger partial charge on any atom is -0.383 e. The fourth-order valence-corrected chi connectivity index (χ4v) is 2.01. The largest absolute Gasteiger partial charge is 0.383 e. The maximum Gasteiger partial charge on any atom is 0.261 e. The first kappa shape index (κ1) is 12.2. The van der Waals surface area contributed by atoms with Gasteiger partial charge in [-0.05, 0) is 19.1 Å². The number of amides is 1. The number of hydrogen-bond donors (Lipinski definition) is 3. The first-order chi connectivity index (χ1) is 9.65. The van der Waals surface area contributed by atoms with E-state index in [4.69, 9.17) is 5.73 Å². The number of H-pyrrole nitrogens is 1. The molecule has 0 aliphatic carbocycles. The molecule has 0 unspecified atom stereocenters. The van der Waals surface area contributed by atoms with Gasteiger partial charge < -0.3 is 11.1 Å². The van der Waals surface area contributed by atoms with Gasteiger partial charge in [0.1, 0.15) is 11.4 Å². The highest BCUT2D eigenvalue weighted by Crippen LogP contribution is 2.22. The monoisotopic (exact) mass is 267 g/mol. The van der Waals surface area contributed by atoms with Crippen molar-refractivity contribution in [3.8, 4) is 0 Å². The number of aryl methyl sites for hydroxylation is 1. The summed E-state index contributed by atoms with van der Waals surface area (Å²) in [4.78, 5) is 16.6. The number of nitrogens with two attached hydrogens (primary N) is 1. The summed E-state index contributed by atoms with van der Waals surface area (Å²) in [5.74, 6) is -0.0704. The zero-order valence-corrected chi connectivity index (χ0v) is 10.8. The Morgan fingerprint density at radius 3 is 2.90 bits per heavy atom.